The quantitative estimate of drug-likeness (QED) is 0.386. The van der Waals surface area contributed by atoms with Crippen LogP contribution in [-0.4, -0.2) is 64.8 Å². The first-order valence-corrected chi connectivity index (χ1v) is 3.95. The average molecular weight is 194 g/mol. The Bertz CT molecular complexity index is 143. The molecular weight excluding hydrogens is 180 g/mol. The molecule has 1 fully saturated rings. The number of aliphatic hydroxyl groups excluding tert-OH is 4. The topological polar surface area (TPSA) is 99.4 Å². The lowest BCUT2D eigenvalue weighted by Gasteiger charge is -2.38. The molecule has 0 saturated carbocycles. The molecule has 0 amide bonds. The van der Waals surface area contributed by atoms with Crippen LogP contribution >= 0.6 is 0 Å². The SMILES string of the molecule is CO[C@H]1OC(CO)[C@H](O)[C@H](O)[C@H]1O. The van der Waals surface area contributed by atoms with Gasteiger partial charge in [-0.3, -0.25) is 0 Å². The van der Waals surface area contributed by atoms with E-state index in [4.69, 9.17) is 14.6 Å². The van der Waals surface area contributed by atoms with Gasteiger partial charge in [0, 0.05) is 7.11 Å². The second-order valence-corrected chi connectivity index (χ2v) is 2.93. The summed E-state index contributed by atoms with van der Waals surface area (Å²) in [5, 5.41) is 36.6. The van der Waals surface area contributed by atoms with Crippen molar-refractivity contribution in [1.82, 2.24) is 0 Å². The van der Waals surface area contributed by atoms with Crippen LogP contribution in [0.25, 0.3) is 0 Å². The standard InChI is InChI=1S/C7H14O6/c1-12-7-6(11)5(10)4(9)3(2-8)13-7/h3-11H,2H2,1H3/t3?,4-,5-,6+,7-/m0/s1. The Morgan fingerprint density at radius 1 is 1.15 bits per heavy atom. The molecule has 1 heterocycles. The average Bonchev–Trinajstić information content (AvgIpc) is 2.15. The van der Waals surface area contributed by atoms with Crippen molar-refractivity contribution in [1.29, 1.82) is 0 Å². The summed E-state index contributed by atoms with van der Waals surface area (Å²) < 4.78 is 9.65. The van der Waals surface area contributed by atoms with Gasteiger partial charge in [-0.05, 0) is 0 Å². The summed E-state index contributed by atoms with van der Waals surface area (Å²) in [4.78, 5) is 0. The summed E-state index contributed by atoms with van der Waals surface area (Å²) >= 11 is 0. The Morgan fingerprint density at radius 3 is 2.23 bits per heavy atom. The maximum absolute atomic E-state index is 9.28. The molecule has 13 heavy (non-hydrogen) atoms. The number of methoxy groups -OCH3 is 1. The molecule has 5 atom stereocenters. The minimum absolute atomic E-state index is 0.440. The fourth-order valence-electron chi connectivity index (χ4n) is 1.26. The van der Waals surface area contributed by atoms with Gasteiger partial charge < -0.3 is 29.9 Å². The Kier molecular flexibility index (Phi) is 3.60. The van der Waals surface area contributed by atoms with Crippen LogP contribution in [0.15, 0.2) is 0 Å². The second kappa shape index (κ2) is 4.32. The van der Waals surface area contributed by atoms with E-state index in [0.717, 1.165) is 0 Å². The van der Waals surface area contributed by atoms with Crippen molar-refractivity contribution in [3.8, 4) is 0 Å². The van der Waals surface area contributed by atoms with Gasteiger partial charge in [-0.2, -0.15) is 0 Å². The molecule has 0 bridgehead atoms. The molecule has 78 valence electrons. The highest BCUT2D eigenvalue weighted by Gasteiger charge is 2.43. The fourth-order valence-corrected chi connectivity index (χ4v) is 1.26. The van der Waals surface area contributed by atoms with Gasteiger partial charge >= 0.3 is 0 Å². The largest absolute Gasteiger partial charge is 0.394 e. The van der Waals surface area contributed by atoms with Crippen molar-refractivity contribution < 1.29 is 29.9 Å². The Hall–Kier alpha value is -0.240. The van der Waals surface area contributed by atoms with E-state index in [1.807, 2.05) is 0 Å². The zero-order valence-electron chi connectivity index (χ0n) is 7.20. The molecule has 0 aromatic rings. The van der Waals surface area contributed by atoms with Gasteiger partial charge in [-0.15, -0.1) is 0 Å². The van der Waals surface area contributed by atoms with Gasteiger partial charge in [0.2, 0.25) is 0 Å². The van der Waals surface area contributed by atoms with E-state index < -0.39 is 37.3 Å². The highest BCUT2D eigenvalue weighted by molar-refractivity contribution is 4.88. The summed E-state index contributed by atoms with van der Waals surface area (Å²) in [6.45, 7) is -0.440. The maximum Gasteiger partial charge on any atom is 0.186 e. The van der Waals surface area contributed by atoms with E-state index in [1.54, 1.807) is 0 Å². The van der Waals surface area contributed by atoms with E-state index in [-0.39, 0.29) is 0 Å². The third-order valence-electron chi connectivity index (χ3n) is 2.08. The molecule has 1 aliphatic rings. The van der Waals surface area contributed by atoms with Crippen molar-refractivity contribution >= 4 is 0 Å². The number of hydrogen-bond donors (Lipinski definition) is 4. The molecule has 0 aromatic heterocycles. The van der Waals surface area contributed by atoms with E-state index in [1.165, 1.54) is 7.11 Å². The maximum atomic E-state index is 9.28. The zero-order chi connectivity index (χ0) is 10.0. The Balaban J connectivity index is 2.66. The molecule has 0 aromatic carbocycles. The number of aliphatic hydroxyl groups is 4. The first kappa shape index (κ1) is 10.8. The minimum Gasteiger partial charge on any atom is -0.394 e. The van der Waals surface area contributed by atoms with Gasteiger partial charge in [0.1, 0.15) is 24.4 Å². The summed E-state index contributed by atoms with van der Waals surface area (Å²) in [6, 6.07) is 0. The Labute approximate surface area is 75.3 Å². The highest BCUT2D eigenvalue weighted by atomic mass is 16.7. The molecule has 0 radical (unpaired) electrons. The van der Waals surface area contributed by atoms with Gasteiger partial charge in [0.15, 0.2) is 6.29 Å². The van der Waals surface area contributed by atoms with E-state index in [2.05, 4.69) is 0 Å². The molecule has 0 aliphatic carbocycles. The lowest BCUT2D eigenvalue weighted by atomic mass is 9.99. The van der Waals surface area contributed by atoms with Crippen LogP contribution in [0.5, 0.6) is 0 Å². The van der Waals surface area contributed by atoms with Crippen molar-refractivity contribution in [2.45, 2.75) is 30.7 Å². The predicted octanol–water partition coefficient (Wildman–Crippen LogP) is -2.57. The van der Waals surface area contributed by atoms with Gasteiger partial charge in [0.25, 0.3) is 0 Å². The number of ether oxygens (including phenoxy) is 2. The van der Waals surface area contributed by atoms with Crippen LogP contribution in [-0.2, 0) is 9.47 Å². The van der Waals surface area contributed by atoms with Crippen molar-refractivity contribution in [2.75, 3.05) is 13.7 Å². The van der Waals surface area contributed by atoms with E-state index >= 15 is 0 Å². The molecule has 0 spiro atoms. The van der Waals surface area contributed by atoms with Crippen molar-refractivity contribution in [3.05, 3.63) is 0 Å². The molecule has 1 aliphatic heterocycles. The normalized spacial score (nSPS) is 46.4. The van der Waals surface area contributed by atoms with Crippen LogP contribution in [0.3, 0.4) is 0 Å². The number of hydrogen-bond acceptors (Lipinski definition) is 6. The Morgan fingerprint density at radius 2 is 1.77 bits per heavy atom. The van der Waals surface area contributed by atoms with Crippen molar-refractivity contribution in [2.24, 2.45) is 0 Å². The number of rotatable bonds is 2. The molecule has 6 heteroatoms. The molecule has 6 nitrogen and oxygen atoms in total. The van der Waals surface area contributed by atoms with E-state index in [0.29, 0.717) is 0 Å². The molecular formula is C7H14O6. The monoisotopic (exact) mass is 194 g/mol. The van der Waals surface area contributed by atoms with Crippen LogP contribution in [0, 0.1) is 0 Å². The van der Waals surface area contributed by atoms with Crippen LogP contribution in [0.4, 0.5) is 0 Å². The van der Waals surface area contributed by atoms with E-state index in [9.17, 15) is 15.3 Å². The third kappa shape index (κ3) is 1.98. The summed E-state index contributed by atoms with van der Waals surface area (Å²) in [7, 11) is 1.30. The van der Waals surface area contributed by atoms with Gasteiger partial charge in [-0.25, -0.2) is 0 Å². The highest BCUT2D eigenvalue weighted by Crippen LogP contribution is 2.20. The smallest absolute Gasteiger partial charge is 0.186 e. The van der Waals surface area contributed by atoms with Gasteiger partial charge in [0.05, 0.1) is 6.61 Å². The summed E-state index contributed by atoms with van der Waals surface area (Å²) in [6.07, 6.45) is -5.91. The predicted molar refractivity (Wildman–Crippen MR) is 40.8 cm³/mol. The fraction of sp³-hybridized carbons (Fsp3) is 1.00. The van der Waals surface area contributed by atoms with Gasteiger partial charge in [-0.1, -0.05) is 0 Å². The second-order valence-electron chi connectivity index (χ2n) is 2.93. The first-order chi connectivity index (χ1) is 6.11. The molecule has 1 saturated heterocycles. The third-order valence-corrected chi connectivity index (χ3v) is 2.08. The first-order valence-electron chi connectivity index (χ1n) is 3.95. The van der Waals surface area contributed by atoms with Crippen LogP contribution in [0.2, 0.25) is 0 Å². The molecule has 4 N–H and O–H groups in total. The minimum atomic E-state index is -1.36. The lowest BCUT2D eigenvalue weighted by Crippen LogP contribution is -2.58. The zero-order valence-corrected chi connectivity index (χ0v) is 7.20. The molecule has 1 rings (SSSR count). The van der Waals surface area contributed by atoms with Crippen molar-refractivity contribution in [3.63, 3.8) is 0 Å². The summed E-state index contributed by atoms with van der Waals surface area (Å²) in [5.74, 6) is 0. The van der Waals surface area contributed by atoms with Crippen LogP contribution < -0.4 is 0 Å². The lowest BCUT2D eigenvalue weighted by molar-refractivity contribution is -0.294. The molecule has 1 unspecified atom stereocenters. The van der Waals surface area contributed by atoms with Crippen LogP contribution in [0.1, 0.15) is 0 Å². The summed E-state index contributed by atoms with van der Waals surface area (Å²) in [5.41, 5.74) is 0.